The highest BCUT2D eigenvalue weighted by atomic mass is 16.5. The quantitative estimate of drug-likeness (QED) is 0.128. The lowest BCUT2D eigenvalue weighted by Gasteiger charge is -2.30. The van der Waals surface area contributed by atoms with Crippen molar-refractivity contribution in [3.8, 4) is 11.5 Å². The summed E-state index contributed by atoms with van der Waals surface area (Å²) in [5.74, 6) is 0.785. The molecule has 7 nitrogen and oxygen atoms in total. The van der Waals surface area contributed by atoms with Crippen molar-refractivity contribution in [1.82, 2.24) is 9.80 Å². The van der Waals surface area contributed by atoms with Crippen molar-refractivity contribution in [1.29, 1.82) is 0 Å². The number of hydrogen-bond donors (Lipinski definition) is 0. The zero-order valence-electron chi connectivity index (χ0n) is 27.1. The topological polar surface area (TPSA) is 68.3 Å². The summed E-state index contributed by atoms with van der Waals surface area (Å²) in [5.41, 5.74) is 2.81. The molecule has 0 amide bonds. The molecule has 0 atom stereocenters. The van der Waals surface area contributed by atoms with E-state index in [1.807, 2.05) is 24.3 Å². The monoisotopic (exact) mass is 580 g/mol. The zero-order valence-corrected chi connectivity index (χ0v) is 27.1. The van der Waals surface area contributed by atoms with Crippen molar-refractivity contribution in [2.24, 2.45) is 0 Å². The number of unbranched alkanes of at least 4 members (excludes halogenated alkanes) is 2. The fourth-order valence-corrected chi connectivity index (χ4v) is 5.73. The third kappa shape index (κ3) is 9.56. The van der Waals surface area contributed by atoms with Gasteiger partial charge in [0.1, 0.15) is 11.5 Å². The molecule has 42 heavy (non-hydrogen) atoms. The average Bonchev–Trinajstić information content (AvgIpc) is 2.93. The summed E-state index contributed by atoms with van der Waals surface area (Å²) in [6.45, 7) is 20.5. The van der Waals surface area contributed by atoms with Gasteiger partial charge in [0, 0.05) is 41.7 Å². The second-order valence-electron chi connectivity index (χ2n) is 12.5. The number of carbonyl (C=O) groups is 2. The van der Waals surface area contributed by atoms with Gasteiger partial charge in [0.05, 0.1) is 24.3 Å². The summed E-state index contributed by atoms with van der Waals surface area (Å²) in [7, 11) is 0. The molecule has 0 N–H and O–H groups in total. The molecule has 0 aliphatic carbocycles. The van der Waals surface area contributed by atoms with Gasteiger partial charge in [-0.2, -0.15) is 0 Å². The molecule has 1 heterocycles. The van der Waals surface area contributed by atoms with E-state index in [0.717, 1.165) is 49.9 Å². The van der Waals surface area contributed by atoms with Crippen LogP contribution in [0, 0.1) is 0 Å². The summed E-state index contributed by atoms with van der Waals surface area (Å²) >= 11 is 0. The Hall–Kier alpha value is -2.90. The Morgan fingerprint density at radius 3 is 1.38 bits per heavy atom. The van der Waals surface area contributed by atoms with Gasteiger partial charge >= 0.3 is 11.9 Å². The minimum absolute atomic E-state index is 0.324. The largest absolute Gasteiger partial charge is 0.462 e. The molecule has 1 aliphatic rings. The lowest BCUT2D eigenvalue weighted by molar-refractivity contribution is 0.0482. The first-order chi connectivity index (χ1) is 20.0. The van der Waals surface area contributed by atoms with E-state index in [1.165, 1.54) is 0 Å². The Kier molecular flexibility index (Phi) is 12.9. The minimum atomic E-state index is -0.324. The molecule has 0 radical (unpaired) electrons. The molecule has 2 aromatic rings. The highest BCUT2D eigenvalue weighted by molar-refractivity contribution is 5.91. The Morgan fingerprint density at radius 2 is 1.02 bits per heavy atom. The van der Waals surface area contributed by atoms with Crippen molar-refractivity contribution in [3.63, 3.8) is 0 Å². The van der Waals surface area contributed by atoms with Crippen LogP contribution in [-0.4, -0.2) is 72.2 Å². The van der Waals surface area contributed by atoms with Crippen LogP contribution in [-0.2, 0) is 15.9 Å². The van der Waals surface area contributed by atoms with E-state index >= 15 is 0 Å². The standard InChI is InChI=1S/C35H52N2O5/c1-24(2)36(25(3)4)17-9-11-19-40-34(38)28-13-15-32-30(21-28)23-31-22-29(14-16-33(31)42-32)35(39)41-20-12-10-18-37(26(5)6)27(7)8/h13-16,21-22,24-27H,9-12,17-20,23H2,1-8H3. The van der Waals surface area contributed by atoms with E-state index < -0.39 is 0 Å². The van der Waals surface area contributed by atoms with E-state index in [4.69, 9.17) is 14.2 Å². The number of ether oxygens (including phenoxy) is 3. The van der Waals surface area contributed by atoms with E-state index in [-0.39, 0.29) is 11.9 Å². The van der Waals surface area contributed by atoms with Crippen LogP contribution >= 0.6 is 0 Å². The smallest absolute Gasteiger partial charge is 0.338 e. The van der Waals surface area contributed by atoms with Gasteiger partial charge in [0.15, 0.2) is 0 Å². The summed E-state index contributed by atoms with van der Waals surface area (Å²) in [5, 5.41) is 0. The predicted molar refractivity (Wildman–Crippen MR) is 169 cm³/mol. The molecule has 0 spiro atoms. The molecular weight excluding hydrogens is 528 g/mol. The van der Waals surface area contributed by atoms with Gasteiger partial charge in [-0.15, -0.1) is 0 Å². The van der Waals surface area contributed by atoms with Crippen LogP contribution in [0.1, 0.15) is 113 Å². The molecule has 1 aliphatic heterocycles. The van der Waals surface area contributed by atoms with Crippen molar-refractivity contribution < 1.29 is 23.8 Å². The van der Waals surface area contributed by atoms with Crippen LogP contribution in [0.15, 0.2) is 36.4 Å². The molecule has 2 aromatic carbocycles. The Morgan fingerprint density at radius 1 is 0.643 bits per heavy atom. The highest BCUT2D eigenvalue weighted by Gasteiger charge is 2.21. The van der Waals surface area contributed by atoms with E-state index in [1.54, 1.807) is 12.1 Å². The Labute approximate surface area is 253 Å². The fraction of sp³-hybridized carbons (Fsp3) is 0.600. The highest BCUT2D eigenvalue weighted by Crippen LogP contribution is 2.37. The molecule has 0 saturated heterocycles. The Bertz CT molecular complexity index is 1070. The molecule has 3 rings (SSSR count). The van der Waals surface area contributed by atoms with E-state index in [9.17, 15) is 9.59 Å². The molecule has 0 aromatic heterocycles. The van der Waals surface area contributed by atoms with Gasteiger partial charge in [-0.3, -0.25) is 9.80 Å². The van der Waals surface area contributed by atoms with Gasteiger partial charge in [-0.1, -0.05) is 0 Å². The molecule has 0 bridgehead atoms. The summed E-state index contributed by atoms with van der Waals surface area (Å²) in [6, 6.07) is 12.8. The van der Waals surface area contributed by atoms with Crippen LogP contribution in [0.3, 0.4) is 0 Å². The molecule has 0 saturated carbocycles. The number of fused-ring (bicyclic) bond motifs is 2. The van der Waals surface area contributed by atoms with Crippen molar-refractivity contribution >= 4 is 11.9 Å². The first-order valence-electron chi connectivity index (χ1n) is 15.8. The second-order valence-corrected chi connectivity index (χ2v) is 12.5. The zero-order chi connectivity index (χ0) is 30.8. The Balaban J connectivity index is 1.49. The first kappa shape index (κ1) is 33.6. The number of esters is 2. The van der Waals surface area contributed by atoms with Crippen LogP contribution in [0.2, 0.25) is 0 Å². The maximum absolute atomic E-state index is 12.7. The van der Waals surface area contributed by atoms with Gasteiger partial charge in [-0.05, 0) is 131 Å². The van der Waals surface area contributed by atoms with Crippen molar-refractivity contribution in [2.45, 2.75) is 112 Å². The molecule has 232 valence electrons. The lowest BCUT2D eigenvalue weighted by Crippen LogP contribution is -2.37. The predicted octanol–water partition coefficient (Wildman–Crippen LogP) is 7.49. The summed E-state index contributed by atoms with van der Waals surface area (Å²) in [4.78, 5) is 30.4. The van der Waals surface area contributed by atoms with Crippen LogP contribution in [0.5, 0.6) is 11.5 Å². The van der Waals surface area contributed by atoms with Crippen molar-refractivity contribution in [3.05, 3.63) is 58.7 Å². The van der Waals surface area contributed by atoms with Gasteiger partial charge in [0.2, 0.25) is 0 Å². The number of rotatable bonds is 16. The second kappa shape index (κ2) is 16.1. The number of hydrogen-bond acceptors (Lipinski definition) is 7. The van der Waals surface area contributed by atoms with Crippen LogP contribution in [0.25, 0.3) is 0 Å². The molecule has 0 unspecified atom stereocenters. The van der Waals surface area contributed by atoms with Crippen LogP contribution in [0.4, 0.5) is 0 Å². The molecule has 7 heteroatoms. The van der Waals surface area contributed by atoms with E-state index in [0.29, 0.717) is 66.4 Å². The minimum Gasteiger partial charge on any atom is -0.462 e. The molecular formula is C35H52N2O5. The number of benzene rings is 2. The van der Waals surface area contributed by atoms with Gasteiger partial charge in [0.25, 0.3) is 0 Å². The number of carbonyl (C=O) groups excluding carboxylic acids is 2. The number of nitrogens with zero attached hydrogens (tertiary/aromatic N) is 2. The van der Waals surface area contributed by atoms with Gasteiger partial charge < -0.3 is 14.2 Å². The normalized spacial score (nSPS) is 12.7. The fourth-order valence-electron chi connectivity index (χ4n) is 5.73. The maximum Gasteiger partial charge on any atom is 0.338 e. The lowest BCUT2D eigenvalue weighted by atomic mass is 9.97. The SMILES string of the molecule is CC(C)N(CCCCOC(=O)c1ccc2c(c1)Cc1cc(C(=O)OCCCCN(C(C)C)C(C)C)ccc1O2)C(C)C. The first-order valence-corrected chi connectivity index (χ1v) is 15.8. The summed E-state index contributed by atoms with van der Waals surface area (Å²) in [6.07, 6.45) is 4.19. The summed E-state index contributed by atoms with van der Waals surface area (Å²) < 4.78 is 17.2. The van der Waals surface area contributed by atoms with Crippen molar-refractivity contribution in [2.75, 3.05) is 26.3 Å². The maximum atomic E-state index is 12.7. The van der Waals surface area contributed by atoms with Gasteiger partial charge in [-0.25, -0.2) is 9.59 Å². The molecule has 0 fully saturated rings. The van der Waals surface area contributed by atoms with E-state index in [2.05, 4.69) is 65.2 Å². The third-order valence-electron chi connectivity index (χ3n) is 7.93. The average molecular weight is 581 g/mol. The third-order valence-corrected chi connectivity index (χ3v) is 7.93. The van der Waals surface area contributed by atoms with Crippen LogP contribution < -0.4 is 4.74 Å².